The summed E-state index contributed by atoms with van der Waals surface area (Å²) in [5.74, 6) is 6.02. The van der Waals surface area contributed by atoms with Crippen molar-refractivity contribution < 1.29 is 14.3 Å². The molecule has 0 aliphatic rings. The minimum Gasteiger partial charge on any atom is -0.459 e. The molecule has 0 amide bonds. The molecule has 0 bridgehead atoms. The third kappa shape index (κ3) is 12.9. The van der Waals surface area contributed by atoms with Gasteiger partial charge in [-0.3, -0.25) is 0 Å². The zero-order valence-corrected chi connectivity index (χ0v) is 20.3. The number of unbranched alkanes of at least 4 members (excludes halogenated alkanes) is 9. The summed E-state index contributed by atoms with van der Waals surface area (Å²) in [6, 6.07) is 19.6. The Balaban J connectivity index is 1.71. The van der Waals surface area contributed by atoms with E-state index < -0.39 is 6.10 Å². The van der Waals surface area contributed by atoms with Crippen molar-refractivity contribution in [1.29, 1.82) is 0 Å². The quantitative estimate of drug-likeness (QED) is 0.150. The van der Waals surface area contributed by atoms with Crippen molar-refractivity contribution >= 4 is 5.97 Å². The Labute approximate surface area is 200 Å². The Kier molecular flexibility index (Phi) is 14.5. The molecular weight excluding hydrogens is 408 g/mol. The largest absolute Gasteiger partial charge is 0.459 e. The van der Waals surface area contributed by atoms with E-state index in [2.05, 4.69) is 18.8 Å². The van der Waals surface area contributed by atoms with Crippen molar-refractivity contribution in [3.63, 3.8) is 0 Å². The Morgan fingerprint density at radius 2 is 1.27 bits per heavy atom. The zero-order valence-electron chi connectivity index (χ0n) is 20.3. The molecule has 1 unspecified atom stereocenters. The summed E-state index contributed by atoms with van der Waals surface area (Å²) in [4.78, 5) is 12.7. The lowest BCUT2D eigenvalue weighted by Crippen LogP contribution is -2.26. The molecule has 0 saturated carbocycles. The highest BCUT2D eigenvalue weighted by molar-refractivity contribution is 5.75. The molecule has 3 nitrogen and oxygen atoms in total. The van der Waals surface area contributed by atoms with Crippen LogP contribution in [0.25, 0.3) is 0 Å². The van der Waals surface area contributed by atoms with Crippen LogP contribution in [0.2, 0.25) is 0 Å². The minimum atomic E-state index is -0.676. The van der Waals surface area contributed by atoms with Crippen LogP contribution in [0.15, 0.2) is 60.7 Å². The van der Waals surface area contributed by atoms with Crippen molar-refractivity contribution in [2.75, 3.05) is 0 Å². The summed E-state index contributed by atoms with van der Waals surface area (Å²) >= 11 is 0. The molecule has 2 aromatic rings. The minimum absolute atomic E-state index is 0.247. The molecule has 3 heteroatoms. The van der Waals surface area contributed by atoms with Crippen LogP contribution in [0, 0.1) is 11.8 Å². The molecule has 0 heterocycles. The molecule has 0 aliphatic heterocycles. The summed E-state index contributed by atoms with van der Waals surface area (Å²) in [5.41, 5.74) is 1.99. The third-order valence-corrected chi connectivity index (χ3v) is 5.60. The second kappa shape index (κ2) is 17.9. The van der Waals surface area contributed by atoms with E-state index in [0.29, 0.717) is 13.0 Å². The molecule has 1 atom stereocenters. The standard InChI is InChI=1S/C30H40O3/c1-2-3-4-5-6-7-8-9-10-11-12-19-24-29(32-25-27-20-15-13-16-21-27)30(31)33-26-28-22-17-14-18-23-28/h13-18,20-23,29H,2-11,24-26H2,1H3. The van der Waals surface area contributed by atoms with Crippen LogP contribution in [0.5, 0.6) is 0 Å². The first-order valence-electron chi connectivity index (χ1n) is 12.6. The van der Waals surface area contributed by atoms with Crippen molar-refractivity contribution in [3.05, 3.63) is 71.8 Å². The van der Waals surface area contributed by atoms with E-state index >= 15 is 0 Å². The lowest BCUT2D eigenvalue weighted by Gasteiger charge is -2.15. The maximum Gasteiger partial charge on any atom is 0.336 e. The molecule has 2 rings (SSSR count). The normalized spacial score (nSPS) is 11.4. The van der Waals surface area contributed by atoms with E-state index in [9.17, 15) is 4.79 Å². The maximum atomic E-state index is 12.7. The van der Waals surface area contributed by atoms with E-state index in [4.69, 9.17) is 9.47 Å². The van der Waals surface area contributed by atoms with Gasteiger partial charge in [0.05, 0.1) is 6.61 Å². The third-order valence-electron chi connectivity index (χ3n) is 5.60. The van der Waals surface area contributed by atoms with Gasteiger partial charge < -0.3 is 9.47 Å². The van der Waals surface area contributed by atoms with Gasteiger partial charge >= 0.3 is 5.97 Å². The molecule has 0 spiro atoms. The number of hydrogen-bond donors (Lipinski definition) is 0. The number of carbonyl (C=O) groups excluding carboxylic acids is 1. The van der Waals surface area contributed by atoms with Crippen molar-refractivity contribution in [1.82, 2.24) is 0 Å². The molecule has 0 saturated heterocycles. The van der Waals surface area contributed by atoms with E-state index in [-0.39, 0.29) is 12.6 Å². The van der Waals surface area contributed by atoms with Gasteiger partial charge in [-0.1, -0.05) is 125 Å². The van der Waals surface area contributed by atoms with Crippen molar-refractivity contribution in [2.45, 2.75) is 96.9 Å². The fourth-order valence-corrected chi connectivity index (χ4v) is 3.58. The Morgan fingerprint density at radius 1 is 0.727 bits per heavy atom. The van der Waals surface area contributed by atoms with Crippen LogP contribution < -0.4 is 0 Å². The molecule has 0 aromatic heterocycles. The van der Waals surface area contributed by atoms with Crippen LogP contribution in [-0.4, -0.2) is 12.1 Å². The van der Waals surface area contributed by atoms with Gasteiger partial charge in [0.1, 0.15) is 6.61 Å². The van der Waals surface area contributed by atoms with E-state index in [1.54, 1.807) is 0 Å². The Bertz CT molecular complexity index is 805. The summed E-state index contributed by atoms with van der Waals surface area (Å²) < 4.78 is 11.4. The number of hydrogen-bond acceptors (Lipinski definition) is 3. The van der Waals surface area contributed by atoms with Crippen LogP contribution >= 0.6 is 0 Å². The van der Waals surface area contributed by atoms with Gasteiger partial charge in [-0.15, -0.1) is 5.92 Å². The van der Waals surface area contributed by atoms with Gasteiger partial charge in [-0.05, 0) is 17.5 Å². The van der Waals surface area contributed by atoms with Crippen LogP contribution in [0.1, 0.15) is 88.7 Å². The monoisotopic (exact) mass is 448 g/mol. The summed E-state index contributed by atoms with van der Waals surface area (Å²) in [6.45, 7) is 2.87. The Morgan fingerprint density at radius 3 is 1.88 bits per heavy atom. The van der Waals surface area contributed by atoms with E-state index in [0.717, 1.165) is 24.0 Å². The predicted octanol–water partition coefficient (Wildman–Crippen LogP) is 7.63. The molecule has 0 aliphatic carbocycles. The molecular formula is C30H40O3. The van der Waals surface area contributed by atoms with Gasteiger partial charge in [-0.25, -0.2) is 4.79 Å². The van der Waals surface area contributed by atoms with Gasteiger partial charge in [0.2, 0.25) is 0 Å². The predicted molar refractivity (Wildman–Crippen MR) is 135 cm³/mol. The van der Waals surface area contributed by atoms with Crippen LogP contribution in [0.4, 0.5) is 0 Å². The van der Waals surface area contributed by atoms with Crippen molar-refractivity contribution in [2.24, 2.45) is 0 Å². The molecule has 0 N–H and O–H groups in total. The smallest absolute Gasteiger partial charge is 0.336 e. The zero-order chi connectivity index (χ0) is 23.4. The van der Waals surface area contributed by atoms with E-state index in [1.807, 2.05) is 60.7 Å². The lowest BCUT2D eigenvalue weighted by molar-refractivity contribution is -0.159. The SMILES string of the molecule is CCCCCCCCCCCC#CCC(OCc1ccccc1)C(=O)OCc1ccccc1. The van der Waals surface area contributed by atoms with Crippen LogP contribution in [-0.2, 0) is 27.5 Å². The second-order valence-electron chi connectivity index (χ2n) is 8.51. The fraction of sp³-hybridized carbons (Fsp3) is 0.500. The number of esters is 1. The summed E-state index contributed by atoms with van der Waals surface area (Å²) in [6.07, 6.45) is 12.3. The summed E-state index contributed by atoms with van der Waals surface area (Å²) in [7, 11) is 0. The van der Waals surface area contributed by atoms with E-state index in [1.165, 1.54) is 51.4 Å². The molecule has 0 fully saturated rings. The highest BCUT2D eigenvalue weighted by atomic mass is 16.6. The van der Waals surface area contributed by atoms with Gasteiger partial charge in [0.15, 0.2) is 6.10 Å². The van der Waals surface area contributed by atoms with Gasteiger partial charge in [-0.2, -0.15) is 0 Å². The molecule has 0 radical (unpaired) electrons. The number of rotatable bonds is 16. The highest BCUT2D eigenvalue weighted by Gasteiger charge is 2.20. The Hall–Kier alpha value is -2.57. The second-order valence-corrected chi connectivity index (χ2v) is 8.51. The fourth-order valence-electron chi connectivity index (χ4n) is 3.58. The lowest BCUT2D eigenvalue weighted by atomic mass is 10.1. The van der Waals surface area contributed by atoms with Gasteiger partial charge in [0, 0.05) is 12.8 Å². The first kappa shape index (κ1) is 26.7. The molecule has 33 heavy (non-hydrogen) atoms. The number of ether oxygens (including phenoxy) is 2. The first-order valence-corrected chi connectivity index (χ1v) is 12.6. The van der Waals surface area contributed by atoms with Crippen LogP contribution in [0.3, 0.4) is 0 Å². The first-order chi connectivity index (χ1) is 16.3. The maximum absolute atomic E-state index is 12.7. The topological polar surface area (TPSA) is 35.5 Å². The molecule has 2 aromatic carbocycles. The average Bonchev–Trinajstić information content (AvgIpc) is 2.86. The molecule has 178 valence electrons. The average molecular weight is 449 g/mol. The number of carbonyl (C=O) groups is 1. The number of benzene rings is 2. The van der Waals surface area contributed by atoms with Gasteiger partial charge in [0.25, 0.3) is 0 Å². The van der Waals surface area contributed by atoms with Crippen molar-refractivity contribution in [3.8, 4) is 11.8 Å². The highest BCUT2D eigenvalue weighted by Crippen LogP contribution is 2.11. The summed E-state index contributed by atoms with van der Waals surface area (Å²) in [5, 5.41) is 0.